The molecule has 1 aliphatic rings. The normalized spacial score (nSPS) is 30.4. The van der Waals surface area contributed by atoms with E-state index in [9.17, 15) is 5.11 Å². The largest absolute Gasteiger partial charge is 0.386 e. The summed E-state index contributed by atoms with van der Waals surface area (Å²) in [6.07, 6.45) is 5.13. The molecular weight excluding hydrogens is 250 g/mol. The summed E-state index contributed by atoms with van der Waals surface area (Å²) in [7, 11) is 0. The molecule has 0 radical (unpaired) electrons. The fraction of sp³-hybridized carbons (Fsp3) is 1.00. The summed E-state index contributed by atoms with van der Waals surface area (Å²) in [5.41, 5.74) is -0.766. The van der Waals surface area contributed by atoms with E-state index >= 15 is 0 Å². The SMILES string of the molecule is CCCNCC(C)(O)COC1CC(C)CCC1C(C)C. The Morgan fingerprint density at radius 3 is 2.65 bits per heavy atom. The van der Waals surface area contributed by atoms with Gasteiger partial charge in [-0.05, 0) is 50.5 Å². The monoisotopic (exact) mass is 285 g/mol. The number of ether oxygens (including phenoxy) is 1. The molecule has 3 nitrogen and oxygen atoms in total. The molecule has 2 N–H and O–H groups in total. The zero-order valence-corrected chi connectivity index (χ0v) is 14.1. The van der Waals surface area contributed by atoms with Gasteiger partial charge in [-0.3, -0.25) is 0 Å². The lowest BCUT2D eigenvalue weighted by Crippen LogP contribution is -2.45. The molecule has 3 heteroatoms. The van der Waals surface area contributed by atoms with Gasteiger partial charge in [-0.1, -0.05) is 34.1 Å². The van der Waals surface area contributed by atoms with E-state index in [4.69, 9.17) is 4.74 Å². The molecule has 20 heavy (non-hydrogen) atoms. The first-order valence-corrected chi connectivity index (χ1v) is 8.40. The van der Waals surface area contributed by atoms with Crippen molar-refractivity contribution in [2.45, 2.75) is 72.0 Å². The first-order chi connectivity index (χ1) is 9.35. The van der Waals surface area contributed by atoms with Crippen LogP contribution in [-0.2, 0) is 4.74 Å². The molecule has 0 aromatic carbocycles. The topological polar surface area (TPSA) is 41.5 Å². The van der Waals surface area contributed by atoms with Crippen LogP contribution >= 0.6 is 0 Å². The molecule has 1 saturated carbocycles. The van der Waals surface area contributed by atoms with Crippen LogP contribution in [0.2, 0.25) is 0 Å². The summed E-state index contributed by atoms with van der Waals surface area (Å²) in [5.74, 6) is 2.06. The van der Waals surface area contributed by atoms with Crippen molar-refractivity contribution in [1.82, 2.24) is 5.32 Å². The second-order valence-corrected chi connectivity index (χ2v) is 7.35. The van der Waals surface area contributed by atoms with Gasteiger partial charge in [-0.15, -0.1) is 0 Å². The third-order valence-electron chi connectivity index (χ3n) is 4.50. The molecule has 0 bridgehead atoms. The van der Waals surface area contributed by atoms with Crippen LogP contribution in [0.3, 0.4) is 0 Å². The van der Waals surface area contributed by atoms with Gasteiger partial charge in [0.2, 0.25) is 0 Å². The van der Waals surface area contributed by atoms with Crippen LogP contribution in [0.15, 0.2) is 0 Å². The Bertz CT molecular complexity index is 266. The highest BCUT2D eigenvalue weighted by molar-refractivity contribution is 4.83. The first-order valence-electron chi connectivity index (χ1n) is 8.40. The van der Waals surface area contributed by atoms with Crippen molar-refractivity contribution in [1.29, 1.82) is 0 Å². The predicted octanol–water partition coefficient (Wildman–Crippen LogP) is 3.21. The number of aliphatic hydroxyl groups is 1. The molecule has 1 fully saturated rings. The molecule has 4 atom stereocenters. The van der Waals surface area contributed by atoms with E-state index in [0.29, 0.717) is 31.1 Å². The van der Waals surface area contributed by atoms with Crippen molar-refractivity contribution in [2.75, 3.05) is 19.7 Å². The van der Waals surface area contributed by atoms with Crippen molar-refractivity contribution in [3.63, 3.8) is 0 Å². The van der Waals surface area contributed by atoms with Crippen molar-refractivity contribution in [3.05, 3.63) is 0 Å². The maximum atomic E-state index is 10.4. The Kier molecular flexibility index (Phi) is 7.49. The molecule has 0 aliphatic heterocycles. The average molecular weight is 285 g/mol. The maximum absolute atomic E-state index is 10.4. The summed E-state index contributed by atoms with van der Waals surface area (Å²) < 4.78 is 6.13. The number of rotatable bonds is 8. The van der Waals surface area contributed by atoms with Crippen LogP contribution in [0.5, 0.6) is 0 Å². The summed E-state index contributed by atoms with van der Waals surface area (Å²) >= 11 is 0. The lowest BCUT2D eigenvalue weighted by atomic mass is 9.75. The second kappa shape index (κ2) is 8.35. The fourth-order valence-electron chi connectivity index (χ4n) is 3.18. The third-order valence-corrected chi connectivity index (χ3v) is 4.50. The molecule has 0 saturated heterocycles. The van der Waals surface area contributed by atoms with Gasteiger partial charge in [0.05, 0.1) is 18.3 Å². The third kappa shape index (κ3) is 6.11. The molecule has 1 aliphatic carbocycles. The van der Waals surface area contributed by atoms with Crippen molar-refractivity contribution in [3.8, 4) is 0 Å². The van der Waals surface area contributed by atoms with E-state index in [-0.39, 0.29) is 0 Å². The van der Waals surface area contributed by atoms with Crippen LogP contribution < -0.4 is 5.32 Å². The van der Waals surface area contributed by atoms with E-state index in [1.54, 1.807) is 0 Å². The van der Waals surface area contributed by atoms with Gasteiger partial charge in [0.25, 0.3) is 0 Å². The van der Waals surface area contributed by atoms with E-state index in [0.717, 1.165) is 25.3 Å². The van der Waals surface area contributed by atoms with Crippen LogP contribution in [0.25, 0.3) is 0 Å². The molecule has 1 rings (SSSR count). The Morgan fingerprint density at radius 1 is 1.35 bits per heavy atom. The van der Waals surface area contributed by atoms with Crippen molar-refractivity contribution < 1.29 is 9.84 Å². The molecule has 120 valence electrons. The highest BCUT2D eigenvalue weighted by atomic mass is 16.5. The van der Waals surface area contributed by atoms with Gasteiger partial charge in [0.1, 0.15) is 0 Å². The summed E-state index contributed by atoms with van der Waals surface area (Å²) in [5, 5.41) is 13.7. The van der Waals surface area contributed by atoms with Gasteiger partial charge in [0.15, 0.2) is 0 Å². The summed E-state index contributed by atoms with van der Waals surface area (Å²) in [6.45, 7) is 12.9. The van der Waals surface area contributed by atoms with Gasteiger partial charge in [-0.2, -0.15) is 0 Å². The first kappa shape index (κ1) is 17.9. The fourth-order valence-corrected chi connectivity index (χ4v) is 3.18. The van der Waals surface area contributed by atoms with Gasteiger partial charge in [0, 0.05) is 6.54 Å². The summed E-state index contributed by atoms with van der Waals surface area (Å²) in [4.78, 5) is 0. The second-order valence-electron chi connectivity index (χ2n) is 7.35. The molecular formula is C17H35NO2. The maximum Gasteiger partial charge on any atom is 0.0975 e. The number of hydrogen-bond donors (Lipinski definition) is 2. The van der Waals surface area contributed by atoms with Gasteiger partial charge < -0.3 is 15.2 Å². The molecule has 0 heterocycles. The van der Waals surface area contributed by atoms with Gasteiger partial charge >= 0.3 is 0 Å². The minimum atomic E-state index is -0.766. The Balaban J connectivity index is 2.43. The Hall–Kier alpha value is -0.120. The molecule has 0 aromatic rings. The van der Waals surface area contributed by atoms with Gasteiger partial charge in [-0.25, -0.2) is 0 Å². The van der Waals surface area contributed by atoms with E-state index in [1.807, 2.05) is 6.92 Å². The predicted molar refractivity (Wildman–Crippen MR) is 84.9 cm³/mol. The Labute approximate surface area is 125 Å². The smallest absolute Gasteiger partial charge is 0.0975 e. The lowest BCUT2D eigenvalue weighted by molar-refractivity contribution is -0.100. The standard InChI is InChI=1S/C17H35NO2/c1-6-9-18-11-17(5,19)12-20-16-10-14(4)7-8-15(16)13(2)3/h13-16,18-19H,6-12H2,1-5H3. The minimum Gasteiger partial charge on any atom is -0.386 e. The zero-order chi connectivity index (χ0) is 15.2. The molecule has 0 spiro atoms. The minimum absolute atomic E-state index is 0.316. The molecule has 0 aromatic heterocycles. The van der Waals surface area contributed by atoms with Crippen molar-refractivity contribution in [2.24, 2.45) is 17.8 Å². The zero-order valence-electron chi connectivity index (χ0n) is 14.1. The van der Waals surface area contributed by atoms with Crippen LogP contribution in [0.1, 0.15) is 60.3 Å². The molecule has 0 amide bonds. The van der Waals surface area contributed by atoms with E-state index in [2.05, 4.69) is 33.0 Å². The quantitative estimate of drug-likeness (QED) is 0.673. The average Bonchev–Trinajstić information content (AvgIpc) is 2.36. The van der Waals surface area contributed by atoms with E-state index in [1.165, 1.54) is 12.8 Å². The van der Waals surface area contributed by atoms with Crippen LogP contribution in [0, 0.1) is 17.8 Å². The Morgan fingerprint density at radius 2 is 2.05 bits per heavy atom. The number of hydrogen-bond acceptors (Lipinski definition) is 3. The van der Waals surface area contributed by atoms with E-state index < -0.39 is 5.60 Å². The number of nitrogens with one attached hydrogen (secondary N) is 1. The van der Waals surface area contributed by atoms with Crippen LogP contribution in [-0.4, -0.2) is 36.5 Å². The highest BCUT2D eigenvalue weighted by Crippen LogP contribution is 2.35. The molecule has 4 unspecified atom stereocenters. The highest BCUT2D eigenvalue weighted by Gasteiger charge is 2.33. The van der Waals surface area contributed by atoms with Crippen LogP contribution in [0.4, 0.5) is 0 Å². The van der Waals surface area contributed by atoms with Crippen molar-refractivity contribution >= 4 is 0 Å². The lowest BCUT2D eigenvalue weighted by Gasteiger charge is -2.38. The summed E-state index contributed by atoms with van der Waals surface area (Å²) in [6, 6.07) is 0.